The lowest BCUT2D eigenvalue weighted by atomic mass is 10.1. The van der Waals surface area contributed by atoms with E-state index >= 15 is 0 Å². The van der Waals surface area contributed by atoms with Crippen molar-refractivity contribution < 1.29 is 4.74 Å². The van der Waals surface area contributed by atoms with Crippen molar-refractivity contribution in [3.63, 3.8) is 0 Å². The lowest BCUT2D eigenvalue weighted by Gasteiger charge is -2.12. The molecular formula is C14H16ClN3O. The Bertz CT molecular complexity index is 594. The zero-order valence-corrected chi connectivity index (χ0v) is 11.6. The molecule has 0 amide bonds. The minimum Gasteiger partial charge on any atom is -0.493 e. The molecule has 0 atom stereocenters. The standard InChI is InChI=1S/C14H16ClN3O/c1-16-8-13-17-3-4-18(13)9-11-7-12(15)6-10-2-5-19-14(10)11/h3-4,6-7,16H,2,5,8-9H2,1H3. The highest BCUT2D eigenvalue weighted by Crippen LogP contribution is 2.33. The van der Waals surface area contributed by atoms with Gasteiger partial charge in [0.15, 0.2) is 0 Å². The van der Waals surface area contributed by atoms with Gasteiger partial charge in [-0.1, -0.05) is 11.6 Å². The Morgan fingerprint density at radius 3 is 3.21 bits per heavy atom. The fourth-order valence-electron chi connectivity index (χ4n) is 2.46. The Balaban J connectivity index is 1.93. The molecule has 3 rings (SSSR count). The number of nitrogens with one attached hydrogen (secondary N) is 1. The van der Waals surface area contributed by atoms with E-state index in [2.05, 4.69) is 14.9 Å². The summed E-state index contributed by atoms with van der Waals surface area (Å²) in [5.74, 6) is 2.00. The van der Waals surface area contributed by atoms with E-state index in [1.165, 1.54) is 5.56 Å². The van der Waals surface area contributed by atoms with Gasteiger partial charge < -0.3 is 14.6 Å². The molecule has 1 N–H and O–H groups in total. The van der Waals surface area contributed by atoms with Crippen LogP contribution < -0.4 is 10.1 Å². The van der Waals surface area contributed by atoms with Crippen LogP contribution in [0, 0.1) is 0 Å². The molecule has 1 aliphatic rings. The molecule has 0 aliphatic carbocycles. The van der Waals surface area contributed by atoms with Crippen LogP contribution in [-0.2, 0) is 19.5 Å². The van der Waals surface area contributed by atoms with E-state index in [9.17, 15) is 0 Å². The quantitative estimate of drug-likeness (QED) is 0.932. The van der Waals surface area contributed by atoms with Crippen LogP contribution in [0.4, 0.5) is 0 Å². The summed E-state index contributed by atoms with van der Waals surface area (Å²) in [6.45, 7) is 2.23. The minimum atomic E-state index is 0.736. The molecular weight excluding hydrogens is 262 g/mol. The Labute approximate surface area is 117 Å². The SMILES string of the molecule is CNCc1nccn1Cc1cc(Cl)cc2c1OCC2. The maximum atomic E-state index is 6.18. The fraction of sp³-hybridized carbons (Fsp3) is 0.357. The van der Waals surface area contributed by atoms with Crippen molar-refractivity contribution in [1.29, 1.82) is 0 Å². The van der Waals surface area contributed by atoms with Crippen molar-refractivity contribution >= 4 is 11.6 Å². The number of halogens is 1. The number of hydrogen-bond donors (Lipinski definition) is 1. The number of benzene rings is 1. The topological polar surface area (TPSA) is 39.1 Å². The molecule has 1 aliphatic heterocycles. The normalized spacial score (nSPS) is 13.4. The highest BCUT2D eigenvalue weighted by molar-refractivity contribution is 6.30. The maximum absolute atomic E-state index is 6.18. The first-order valence-electron chi connectivity index (χ1n) is 6.36. The third-order valence-corrected chi connectivity index (χ3v) is 3.52. The van der Waals surface area contributed by atoms with Crippen LogP contribution in [-0.4, -0.2) is 23.2 Å². The number of hydrogen-bond acceptors (Lipinski definition) is 3. The first kappa shape index (κ1) is 12.5. The molecule has 2 aromatic rings. The van der Waals surface area contributed by atoms with Gasteiger partial charge in [0, 0.05) is 29.4 Å². The van der Waals surface area contributed by atoms with E-state index in [-0.39, 0.29) is 0 Å². The average Bonchev–Trinajstić information content (AvgIpc) is 2.99. The molecule has 1 aromatic carbocycles. The number of ether oxygens (including phenoxy) is 1. The fourth-order valence-corrected chi connectivity index (χ4v) is 2.72. The van der Waals surface area contributed by atoms with Gasteiger partial charge in [-0.25, -0.2) is 4.98 Å². The lowest BCUT2D eigenvalue weighted by Crippen LogP contribution is -2.13. The molecule has 2 heterocycles. The zero-order chi connectivity index (χ0) is 13.2. The molecule has 0 radical (unpaired) electrons. The summed E-state index contributed by atoms with van der Waals surface area (Å²) in [5, 5.41) is 3.89. The van der Waals surface area contributed by atoms with Gasteiger partial charge in [0.2, 0.25) is 0 Å². The van der Waals surface area contributed by atoms with E-state index in [1.807, 2.05) is 31.6 Å². The molecule has 0 unspecified atom stereocenters. The van der Waals surface area contributed by atoms with Gasteiger partial charge in [-0.3, -0.25) is 0 Å². The van der Waals surface area contributed by atoms with Crippen molar-refractivity contribution in [3.05, 3.63) is 46.5 Å². The average molecular weight is 278 g/mol. The van der Waals surface area contributed by atoms with Gasteiger partial charge in [0.25, 0.3) is 0 Å². The monoisotopic (exact) mass is 277 g/mol. The first-order chi connectivity index (χ1) is 9.28. The van der Waals surface area contributed by atoms with Gasteiger partial charge in [0.1, 0.15) is 11.6 Å². The van der Waals surface area contributed by atoms with Gasteiger partial charge in [0.05, 0.1) is 19.7 Å². The van der Waals surface area contributed by atoms with Crippen LogP contribution in [0.15, 0.2) is 24.5 Å². The van der Waals surface area contributed by atoms with Crippen LogP contribution in [0.3, 0.4) is 0 Å². The maximum Gasteiger partial charge on any atom is 0.127 e. The smallest absolute Gasteiger partial charge is 0.127 e. The second-order valence-electron chi connectivity index (χ2n) is 4.65. The minimum absolute atomic E-state index is 0.736. The zero-order valence-electron chi connectivity index (χ0n) is 10.8. The summed E-state index contributed by atoms with van der Waals surface area (Å²) in [4.78, 5) is 4.34. The van der Waals surface area contributed by atoms with E-state index in [0.29, 0.717) is 0 Å². The molecule has 0 saturated heterocycles. The van der Waals surface area contributed by atoms with Crippen molar-refractivity contribution in [2.45, 2.75) is 19.5 Å². The van der Waals surface area contributed by atoms with Gasteiger partial charge in [-0.15, -0.1) is 0 Å². The van der Waals surface area contributed by atoms with Crippen molar-refractivity contribution in [3.8, 4) is 5.75 Å². The lowest BCUT2D eigenvalue weighted by molar-refractivity contribution is 0.352. The number of fused-ring (bicyclic) bond motifs is 1. The van der Waals surface area contributed by atoms with Crippen LogP contribution in [0.1, 0.15) is 17.0 Å². The van der Waals surface area contributed by atoms with Crippen molar-refractivity contribution in [1.82, 2.24) is 14.9 Å². The number of imidazole rings is 1. The van der Waals surface area contributed by atoms with E-state index in [0.717, 1.165) is 48.3 Å². The highest BCUT2D eigenvalue weighted by Gasteiger charge is 2.18. The second kappa shape index (κ2) is 5.23. The van der Waals surface area contributed by atoms with Crippen LogP contribution in [0.5, 0.6) is 5.75 Å². The predicted octanol–water partition coefficient (Wildman–Crippen LogP) is 2.24. The molecule has 0 saturated carbocycles. The van der Waals surface area contributed by atoms with E-state index < -0.39 is 0 Å². The molecule has 0 bridgehead atoms. The number of aromatic nitrogens is 2. The molecule has 19 heavy (non-hydrogen) atoms. The van der Waals surface area contributed by atoms with Crippen LogP contribution >= 0.6 is 11.6 Å². The molecule has 4 nitrogen and oxygen atoms in total. The summed E-state index contributed by atoms with van der Waals surface area (Å²) in [6.07, 6.45) is 4.74. The molecule has 0 spiro atoms. The third kappa shape index (κ3) is 2.46. The van der Waals surface area contributed by atoms with Crippen LogP contribution in [0.2, 0.25) is 5.02 Å². The molecule has 100 valence electrons. The molecule has 0 fully saturated rings. The first-order valence-corrected chi connectivity index (χ1v) is 6.74. The van der Waals surface area contributed by atoms with E-state index in [1.54, 1.807) is 0 Å². The summed E-state index contributed by atoms with van der Waals surface area (Å²) in [5.41, 5.74) is 2.33. The summed E-state index contributed by atoms with van der Waals surface area (Å²) in [6, 6.07) is 3.98. The van der Waals surface area contributed by atoms with Crippen molar-refractivity contribution in [2.24, 2.45) is 0 Å². The van der Waals surface area contributed by atoms with Gasteiger partial charge in [-0.05, 0) is 24.7 Å². The van der Waals surface area contributed by atoms with E-state index in [4.69, 9.17) is 16.3 Å². The van der Waals surface area contributed by atoms with Crippen molar-refractivity contribution in [2.75, 3.05) is 13.7 Å². The van der Waals surface area contributed by atoms with Crippen LogP contribution in [0.25, 0.3) is 0 Å². The van der Waals surface area contributed by atoms with Gasteiger partial charge in [-0.2, -0.15) is 0 Å². The summed E-state index contributed by atoms with van der Waals surface area (Å²) < 4.78 is 7.84. The van der Waals surface area contributed by atoms with Gasteiger partial charge >= 0.3 is 0 Å². The second-order valence-corrected chi connectivity index (χ2v) is 5.09. The number of nitrogens with zero attached hydrogens (tertiary/aromatic N) is 2. The number of rotatable bonds is 4. The largest absolute Gasteiger partial charge is 0.493 e. The summed E-state index contributed by atoms with van der Waals surface area (Å²) in [7, 11) is 1.92. The molecule has 1 aromatic heterocycles. The third-order valence-electron chi connectivity index (χ3n) is 3.30. The Morgan fingerprint density at radius 2 is 2.37 bits per heavy atom. The Morgan fingerprint density at radius 1 is 1.47 bits per heavy atom. The Kier molecular flexibility index (Phi) is 3.44. The summed E-state index contributed by atoms with van der Waals surface area (Å²) >= 11 is 6.18. The molecule has 5 heteroatoms. The Hall–Kier alpha value is -1.52. The predicted molar refractivity (Wildman–Crippen MR) is 74.7 cm³/mol. The highest BCUT2D eigenvalue weighted by atomic mass is 35.5.